The summed E-state index contributed by atoms with van der Waals surface area (Å²) in [6.45, 7) is 5.53. The minimum Gasteiger partial charge on any atom is -0.493 e. The molecule has 4 rings (SSSR count). The number of aromatic amines is 1. The standard InChI is InChI=1S/C34H42N4O5/c1-24(2)26-11-13-28(14-12-26)36-34(40)38(18-19-41-3)23-33(39)37(22-25-10-15-31(42-4)32(20-25)43-5)17-16-27-21-35-30-9-7-6-8-29(27)30/h6-15,20-21,24,35H,16-19,22-23H2,1-5H3,(H,36,40). The van der Waals surface area contributed by atoms with Crippen LogP contribution in [0.25, 0.3) is 10.9 Å². The van der Waals surface area contributed by atoms with Gasteiger partial charge >= 0.3 is 6.03 Å². The number of hydrogen-bond donors (Lipinski definition) is 2. The molecule has 0 aliphatic heterocycles. The quantitative estimate of drug-likeness (QED) is 0.187. The van der Waals surface area contributed by atoms with E-state index in [2.05, 4.69) is 30.2 Å². The number of rotatable bonds is 14. The average molecular weight is 587 g/mol. The van der Waals surface area contributed by atoms with Gasteiger partial charge in [-0.2, -0.15) is 0 Å². The molecular weight excluding hydrogens is 544 g/mol. The molecule has 0 unspecified atom stereocenters. The molecule has 0 spiro atoms. The molecule has 3 amide bonds. The Balaban J connectivity index is 1.53. The largest absolute Gasteiger partial charge is 0.493 e. The van der Waals surface area contributed by atoms with Crippen LogP contribution in [0.3, 0.4) is 0 Å². The Morgan fingerprint density at radius 3 is 2.33 bits per heavy atom. The summed E-state index contributed by atoms with van der Waals surface area (Å²) in [7, 11) is 4.75. The number of amides is 3. The third-order valence-electron chi connectivity index (χ3n) is 7.51. The number of aromatic nitrogens is 1. The van der Waals surface area contributed by atoms with Crippen molar-refractivity contribution in [2.45, 2.75) is 32.7 Å². The lowest BCUT2D eigenvalue weighted by Crippen LogP contribution is -2.46. The van der Waals surface area contributed by atoms with Crippen LogP contribution in [0.4, 0.5) is 10.5 Å². The maximum Gasteiger partial charge on any atom is 0.322 e. The zero-order valence-electron chi connectivity index (χ0n) is 25.7. The van der Waals surface area contributed by atoms with Gasteiger partial charge in [-0.25, -0.2) is 4.79 Å². The molecule has 0 saturated heterocycles. The first-order chi connectivity index (χ1) is 20.8. The maximum absolute atomic E-state index is 13.9. The monoisotopic (exact) mass is 586 g/mol. The molecule has 43 heavy (non-hydrogen) atoms. The number of para-hydroxylation sites is 1. The molecule has 0 atom stereocenters. The van der Waals surface area contributed by atoms with Crippen LogP contribution in [0, 0.1) is 0 Å². The van der Waals surface area contributed by atoms with Crippen molar-refractivity contribution in [2.75, 3.05) is 52.9 Å². The minimum absolute atomic E-state index is 0.0968. The molecule has 3 aromatic carbocycles. The van der Waals surface area contributed by atoms with Crippen molar-refractivity contribution >= 4 is 28.5 Å². The molecular formula is C34H42N4O5. The average Bonchev–Trinajstić information content (AvgIpc) is 3.44. The Bertz CT molecular complexity index is 1500. The number of anilines is 1. The van der Waals surface area contributed by atoms with Crippen LogP contribution < -0.4 is 14.8 Å². The lowest BCUT2D eigenvalue weighted by atomic mass is 10.0. The van der Waals surface area contributed by atoms with Crippen molar-refractivity contribution in [2.24, 2.45) is 0 Å². The third kappa shape index (κ3) is 8.29. The molecule has 0 aliphatic carbocycles. The Kier molecular flexibility index (Phi) is 11.0. The first kappa shape index (κ1) is 31.4. The van der Waals surface area contributed by atoms with E-state index < -0.39 is 0 Å². The fraction of sp³-hybridized carbons (Fsp3) is 0.353. The zero-order valence-corrected chi connectivity index (χ0v) is 25.7. The molecule has 4 aromatic rings. The summed E-state index contributed by atoms with van der Waals surface area (Å²) in [5, 5.41) is 4.07. The highest BCUT2D eigenvalue weighted by Crippen LogP contribution is 2.28. The number of urea groups is 1. The highest BCUT2D eigenvalue weighted by atomic mass is 16.5. The summed E-state index contributed by atoms with van der Waals surface area (Å²) >= 11 is 0. The summed E-state index contributed by atoms with van der Waals surface area (Å²) in [5.41, 5.74) is 4.93. The second-order valence-corrected chi connectivity index (χ2v) is 10.7. The number of carbonyl (C=O) groups excluding carboxylic acids is 2. The summed E-state index contributed by atoms with van der Waals surface area (Å²) in [5.74, 6) is 1.43. The van der Waals surface area contributed by atoms with Crippen molar-refractivity contribution < 1.29 is 23.8 Å². The zero-order chi connectivity index (χ0) is 30.8. The number of hydrogen-bond acceptors (Lipinski definition) is 5. The molecule has 9 heteroatoms. The van der Waals surface area contributed by atoms with E-state index in [-0.39, 0.29) is 25.0 Å². The molecule has 0 bridgehead atoms. The fourth-order valence-electron chi connectivity index (χ4n) is 4.96. The molecule has 0 saturated carbocycles. The van der Waals surface area contributed by atoms with E-state index in [1.54, 1.807) is 26.2 Å². The lowest BCUT2D eigenvalue weighted by molar-refractivity contribution is -0.132. The van der Waals surface area contributed by atoms with E-state index >= 15 is 0 Å². The molecule has 1 heterocycles. The van der Waals surface area contributed by atoms with Crippen LogP contribution in [0.2, 0.25) is 0 Å². The van der Waals surface area contributed by atoms with Crippen molar-refractivity contribution in [3.63, 3.8) is 0 Å². The Labute approximate surface area is 253 Å². The highest BCUT2D eigenvalue weighted by molar-refractivity contribution is 5.92. The first-order valence-electron chi connectivity index (χ1n) is 14.5. The second-order valence-electron chi connectivity index (χ2n) is 10.7. The van der Waals surface area contributed by atoms with Crippen LogP contribution in [0.5, 0.6) is 11.5 Å². The molecule has 2 N–H and O–H groups in total. The smallest absolute Gasteiger partial charge is 0.322 e. The van der Waals surface area contributed by atoms with E-state index in [1.165, 1.54) is 10.5 Å². The van der Waals surface area contributed by atoms with E-state index in [1.807, 2.05) is 66.9 Å². The highest BCUT2D eigenvalue weighted by Gasteiger charge is 2.23. The molecule has 228 valence electrons. The van der Waals surface area contributed by atoms with Crippen molar-refractivity contribution in [1.82, 2.24) is 14.8 Å². The van der Waals surface area contributed by atoms with Gasteiger partial charge in [-0.3, -0.25) is 4.79 Å². The Hall–Kier alpha value is -4.50. The van der Waals surface area contributed by atoms with Crippen LogP contribution in [0.15, 0.2) is 72.9 Å². The number of fused-ring (bicyclic) bond motifs is 1. The van der Waals surface area contributed by atoms with E-state index in [9.17, 15) is 9.59 Å². The summed E-state index contributed by atoms with van der Waals surface area (Å²) < 4.78 is 16.1. The number of ether oxygens (including phenoxy) is 3. The SMILES string of the molecule is COCCN(CC(=O)N(CCc1c[nH]c2ccccc12)Cc1ccc(OC)c(OC)c1)C(=O)Nc1ccc(C(C)C)cc1. The van der Waals surface area contributed by atoms with Gasteiger partial charge in [0.1, 0.15) is 6.54 Å². The Morgan fingerprint density at radius 1 is 0.884 bits per heavy atom. The number of nitrogens with one attached hydrogen (secondary N) is 2. The summed E-state index contributed by atoms with van der Waals surface area (Å²) in [6, 6.07) is 21.2. The fourth-order valence-corrected chi connectivity index (χ4v) is 4.96. The number of carbonyl (C=O) groups is 2. The van der Waals surface area contributed by atoms with Crippen LogP contribution in [-0.2, 0) is 22.5 Å². The van der Waals surface area contributed by atoms with E-state index in [4.69, 9.17) is 14.2 Å². The van der Waals surface area contributed by atoms with Crippen LogP contribution in [-0.4, -0.2) is 74.3 Å². The predicted molar refractivity (Wildman–Crippen MR) is 170 cm³/mol. The van der Waals surface area contributed by atoms with Crippen LogP contribution in [0.1, 0.15) is 36.5 Å². The summed E-state index contributed by atoms with van der Waals surface area (Å²) in [4.78, 5) is 33.8. The van der Waals surface area contributed by atoms with Crippen LogP contribution >= 0.6 is 0 Å². The van der Waals surface area contributed by atoms with Gasteiger partial charge in [0.15, 0.2) is 11.5 Å². The van der Waals surface area contributed by atoms with Crippen molar-refractivity contribution in [1.29, 1.82) is 0 Å². The maximum atomic E-state index is 13.9. The molecule has 9 nitrogen and oxygen atoms in total. The van der Waals surface area contributed by atoms with Crippen molar-refractivity contribution in [3.8, 4) is 11.5 Å². The lowest BCUT2D eigenvalue weighted by Gasteiger charge is -2.28. The van der Waals surface area contributed by atoms with Gasteiger partial charge in [-0.15, -0.1) is 0 Å². The van der Waals surface area contributed by atoms with Gasteiger partial charge in [0, 0.05) is 49.5 Å². The van der Waals surface area contributed by atoms with E-state index in [0.29, 0.717) is 49.2 Å². The number of nitrogens with zero attached hydrogens (tertiary/aromatic N) is 2. The Morgan fingerprint density at radius 2 is 1.63 bits per heavy atom. The summed E-state index contributed by atoms with van der Waals surface area (Å²) in [6.07, 6.45) is 2.64. The van der Waals surface area contributed by atoms with Gasteiger partial charge in [-0.1, -0.05) is 50.2 Å². The van der Waals surface area contributed by atoms with Gasteiger partial charge in [-0.05, 0) is 59.4 Å². The minimum atomic E-state index is -0.356. The normalized spacial score (nSPS) is 11.0. The molecule has 1 aromatic heterocycles. The van der Waals surface area contributed by atoms with E-state index in [0.717, 1.165) is 22.0 Å². The van der Waals surface area contributed by atoms with Gasteiger partial charge in [0.25, 0.3) is 0 Å². The number of H-pyrrole nitrogens is 1. The third-order valence-corrected chi connectivity index (χ3v) is 7.51. The predicted octanol–water partition coefficient (Wildman–Crippen LogP) is 6.06. The van der Waals surface area contributed by atoms with Gasteiger partial charge < -0.3 is 34.3 Å². The number of methoxy groups -OCH3 is 3. The topological polar surface area (TPSA) is 96.1 Å². The van der Waals surface area contributed by atoms with Gasteiger partial charge in [0.05, 0.1) is 20.8 Å². The van der Waals surface area contributed by atoms with Crippen molar-refractivity contribution in [3.05, 3.63) is 89.6 Å². The molecule has 0 fully saturated rings. The van der Waals surface area contributed by atoms with Gasteiger partial charge in [0.2, 0.25) is 5.91 Å². The number of benzene rings is 3. The molecule has 0 radical (unpaired) electrons. The second kappa shape index (κ2) is 15.1. The molecule has 0 aliphatic rings. The first-order valence-corrected chi connectivity index (χ1v) is 14.5.